The van der Waals surface area contributed by atoms with Crippen molar-refractivity contribution in [3.8, 4) is 0 Å². The Labute approximate surface area is 170 Å². The average Bonchev–Trinajstić information content (AvgIpc) is 3.03. The predicted octanol–water partition coefficient (Wildman–Crippen LogP) is 4.78. The number of aromatic nitrogens is 1. The monoisotopic (exact) mass is 396 g/mol. The Hall–Kier alpha value is -2.40. The van der Waals surface area contributed by atoms with Crippen LogP contribution in [-0.4, -0.2) is 29.3 Å². The Morgan fingerprint density at radius 3 is 2.59 bits per heavy atom. The van der Waals surface area contributed by atoms with Crippen molar-refractivity contribution in [2.24, 2.45) is 5.92 Å². The molecule has 1 aromatic heterocycles. The summed E-state index contributed by atoms with van der Waals surface area (Å²) in [6, 6.07) is 12.6. The van der Waals surface area contributed by atoms with E-state index in [4.69, 9.17) is 4.52 Å². The molecule has 154 valence electrons. The largest absolute Gasteiger partial charge is 0.376 e. The highest BCUT2D eigenvalue weighted by Gasteiger charge is 2.19. The van der Waals surface area contributed by atoms with Gasteiger partial charge in [0.1, 0.15) is 5.82 Å². The number of rotatable bonds is 7. The Bertz CT molecular complexity index is 998. The number of likely N-dealkylation sites (tertiary alicyclic amines) is 1. The van der Waals surface area contributed by atoms with Crippen LogP contribution >= 0.6 is 0 Å². The smallest absolute Gasteiger partial charge is 0.290 e. The van der Waals surface area contributed by atoms with Gasteiger partial charge in [0, 0.05) is 6.54 Å². The zero-order valence-corrected chi connectivity index (χ0v) is 17.1. The summed E-state index contributed by atoms with van der Waals surface area (Å²) in [5, 5.41) is 0.671. The van der Waals surface area contributed by atoms with Crippen molar-refractivity contribution in [1.29, 1.82) is 0 Å². The molecule has 0 unspecified atom stereocenters. The summed E-state index contributed by atoms with van der Waals surface area (Å²) < 4.78 is 20.2. The zero-order valence-electron chi connectivity index (χ0n) is 17.1. The molecule has 0 N–H and O–H groups in total. The third kappa shape index (κ3) is 4.96. The highest BCUT2D eigenvalue weighted by atomic mass is 19.1. The van der Waals surface area contributed by atoms with Crippen LogP contribution in [0.15, 0.2) is 51.8 Å². The Morgan fingerprint density at radius 2 is 1.83 bits per heavy atom. The summed E-state index contributed by atoms with van der Waals surface area (Å²) in [4.78, 5) is 14.9. The molecule has 1 saturated heterocycles. The van der Waals surface area contributed by atoms with Gasteiger partial charge in [-0.25, -0.2) is 4.39 Å². The predicted molar refractivity (Wildman–Crippen MR) is 114 cm³/mol. The molecule has 0 radical (unpaired) electrons. The van der Waals surface area contributed by atoms with E-state index >= 15 is 0 Å². The van der Waals surface area contributed by atoms with Gasteiger partial charge in [0.15, 0.2) is 5.58 Å². The number of nitrogens with zero attached hydrogens (tertiary/aromatic N) is 2. The fourth-order valence-electron chi connectivity index (χ4n) is 4.28. The molecule has 1 aliphatic heterocycles. The molecule has 2 aromatic carbocycles. The van der Waals surface area contributed by atoms with Gasteiger partial charge in [-0.2, -0.15) is 4.74 Å². The molecule has 0 atom stereocenters. The second kappa shape index (κ2) is 8.95. The molecular formula is C24H29FN2O2. The van der Waals surface area contributed by atoms with Gasteiger partial charge in [-0.3, -0.25) is 4.79 Å². The van der Waals surface area contributed by atoms with Gasteiger partial charge in [0.2, 0.25) is 0 Å². The van der Waals surface area contributed by atoms with E-state index in [2.05, 4.69) is 4.90 Å². The first-order valence-corrected chi connectivity index (χ1v) is 10.7. The van der Waals surface area contributed by atoms with Crippen LogP contribution in [0.25, 0.3) is 11.0 Å². The fourth-order valence-corrected chi connectivity index (χ4v) is 4.28. The van der Waals surface area contributed by atoms with Crippen molar-refractivity contribution in [2.75, 3.05) is 19.6 Å². The molecular weight excluding hydrogens is 367 g/mol. The zero-order chi connectivity index (χ0) is 20.2. The minimum absolute atomic E-state index is 0.0180. The van der Waals surface area contributed by atoms with E-state index in [1.807, 2.05) is 37.3 Å². The van der Waals surface area contributed by atoms with Crippen molar-refractivity contribution in [3.63, 3.8) is 0 Å². The minimum Gasteiger partial charge on any atom is -0.376 e. The molecule has 4 nitrogen and oxygen atoms in total. The van der Waals surface area contributed by atoms with Crippen LogP contribution in [0.3, 0.4) is 0 Å². The summed E-state index contributed by atoms with van der Waals surface area (Å²) in [6.07, 6.45) is 5.49. The van der Waals surface area contributed by atoms with E-state index in [1.165, 1.54) is 35.3 Å². The standard InChI is InChI=1S/C24H29FN2O2/c1-18-4-9-22-23(17-18)29-27(24(22)28)13-2-3-19-10-14-26(15-11-19)16-12-20-5-7-21(25)8-6-20/h4-9,17,19H,2-3,10-16H2,1H3. The fraction of sp³-hybridized carbons (Fsp3) is 0.458. The molecule has 4 rings (SSSR count). The number of halogens is 1. The van der Waals surface area contributed by atoms with Crippen LogP contribution in [-0.2, 0) is 13.0 Å². The lowest BCUT2D eigenvalue weighted by Crippen LogP contribution is -2.35. The highest BCUT2D eigenvalue weighted by molar-refractivity contribution is 5.76. The molecule has 2 heterocycles. The quantitative estimate of drug-likeness (QED) is 0.577. The number of hydrogen-bond acceptors (Lipinski definition) is 3. The summed E-state index contributed by atoms with van der Waals surface area (Å²) in [5.74, 6) is 0.550. The normalized spacial score (nSPS) is 15.9. The van der Waals surface area contributed by atoms with Gasteiger partial charge < -0.3 is 9.42 Å². The molecule has 0 aliphatic carbocycles. The lowest BCUT2D eigenvalue weighted by molar-refractivity contribution is 0.174. The van der Waals surface area contributed by atoms with Crippen LogP contribution in [0.1, 0.15) is 36.8 Å². The maximum Gasteiger partial charge on any atom is 0.290 e. The Morgan fingerprint density at radius 1 is 1.07 bits per heavy atom. The van der Waals surface area contributed by atoms with E-state index in [0.717, 1.165) is 50.4 Å². The first-order chi connectivity index (χ1) is 14.1. The Kier molecular flexibility index (Phi) is 6.14. The van der Waals surface area contributed by atoms with Gasteiger partial charge in [0.05, 0.1) is 11.9 Å². The summed E-state index contributed by atoms with van der Waals surface area (Å²) in [5.41, 5.74) is 2.96. The molecule has 1 aliphatic rings. The third-order valence-corrected chi connectivity index (χ3v) is 6.11. The minimum atomic E-state index is -0.172. The van der Waals surface area contributed by atoms with Crippen molar-refractivity contribution in [1.82, 2.24) is 9.64 Å². The van der Waals surface area contributed by atoms with Crippen molar-refractivity contribution in [3.05, 3.63) is 69.8 Å². The molecule has 3 aromatic rings. The van der Waals surface area contributed by atoms with Crippen LogP contribution < -0.4 is 5.56 Å². The highest BCUT2D eigenvalue weighted by Crippen LogP contribution is 2.23. The lowest BCUT2D eigenvalue weighted by atomic mass is 9.92. The summed E-state index contributed by atoms with van der Waals surface area (Å²) in [6.45, 7) is 5.93. The first kappa shape index (κ1) is 19.9. The second-order valence-corrected chi connectivity index (χ2v) is 8.30. The second-order valence-electron chi connectivity index (χ2n) is 8.30. The van der Waals surface area contributed by atoms with Crippen molar-refractivity contribution < 1.29 is 8.91 Å². The molecule has 0 amide bonds. The van der Waals surface area contributed by atoms with Crippen LogP contribution in [0.4, 0.5) is 4.39 Å². The molecule has 29 heavy (non-hydrogen) atoms. The van der Waals surface area contributed by atoms with Crippen molar-refractivity contribution >= 4 is 11.0 Å². The van der Waals surface area contributed by atoms with E-state index in [9.17, 15) is 9.18 Å². The average molecular weight is 397 g/mol. The summed E-state index contributed by atoms with van der Waals surface area (Å²) in [7, 11) is 0. The van der Waals surface area contributed by atoms with Gasteiger partial charge in [0.25, 0.3) is 5.56 Å². The molecule has 1 fully saturated rings. The SMILES string of the molecule is Cc1ccc2c(=O)n(CCCC3CCN(CCc4ccc(F)cc4)CC3)oc2c1. The van der Waals surface area contributed by atoms with E-state index in [1.54, 1.807) is 0 Å². The number of fused-ring (bicyclic) bond motifs is 1. The van der Waals surface area contributed by atoms with Crippen molar-refractivity contribution in [2.45, 2.75) is 45.6 Å². The third-order valence-electron chi connectivity index (χ3n) is 6.11. The van der Waals surface area contributed by atoms with Crippen LogP contribution in [0, 0.1) is 18.7 Å². The van der Waals surface area contributed by atoms with E-state index in [-0.39, 0.29) is 11.4 Å². The topological polar surface area (TPSA) is 38.4 Å². The lowest BCUT2D eigenvalue weighted by Gasteiger charge is -2.32. The molecule has 0 bridgehead atoms. The molecule has 5 heteroatoms. The van der Waals surface area contributed by atoms with Gasteiger partial charge in [-0.1, -0.05) is 18.2 Å². The van der Waals surface area contributed by atoms with Crippen LogP contribution in [0.5, 0.6) is 0 Å². The number of hydrogen-bond donors (Lipinski definition) is 0. The van der Waals surface area contributed by atoms with E-state index in [0.29, 0.717) is 17.5 Å². The number of piperidine rings is 1. The van der Waals surface area contributed by atoms with E-state index < -0.39 is 0 Å². The maximum atomic E-state index is 13.0. The number of benzene rings is 2. The summed E-state index contributed by atoms with van der Waals surface area (Å²) >= 11 is 0. The number of aryl methyl sites for hydroxylation is 2. The molecule has 0 saturated carbocycles. The maximum absolute atomic E-state index is 13.0. The Balaban J connectivity index is 1.20. The first-order valence-electron chi connectivity index (χ1n) is 10.7. The molecule has 0 spiro atoms. The van der Waals surface area contributed by atoms with Crippen LogP contribution in [0.2, 0.25) is 0 Å². The van der Waals surface area contributed by atoms with Gasteiger partial charge in [-0.05, 0) is 93.4 Å². The van der Waals surface area contributed by atoms with Gasteiger partial charge >= 0.3 is 0 Å². The van der Waals surface area contributed by atoms with Gasteiger partial charge in [-0.15, -0.1) is 0 Å².